The predicted octanol–water partition coefficient (Wildman–Crippen LogP) is 3.96. The van der Waals surface area contributed by atoms with Gasteiger partial charge in [-0.25, -0.2) is 4.79 Å². The third-order valence-electron chi connectivity index (χ3n) is 2.45. The lowest BCUT2D eigenvalue weighted by Crippen LogP contribution is -2.07. The number of ether oxygens (including phenoxy) is 1. The minimum absolute atomic E-state index is 0.211. The molecule has 2 rings (SSSR count). The Balaban J connectivity index is 1.91. The van der Waals surface area contributed by atoms with Crippen LogP contribution < -0.4 is 8.92 Å². The zero-order valence-electron chi connectivity index (χ0n) is 11.4. The van der Waals surface area contributed by atoms with Crippen LogP contribution in [0.5, 0.6) is 17.2 Å². The minimum atomic E-state index is -0.456. The van der Waals surface area contributed by atoms with Crippen molar-refractivity contribution in [2.75, 3.05) is 0 Å². The second kappa shape index (κ2) is 6.85. The highest BCUT2D eigenvalue weighted by Crippen LogP contribution is 2.26. The van der Waals surface area contributed by atoms with Crippen LogP contribution in [-0.2, 0) is 4.79 Å². The van der Waals surface area contributed by atoms with Gasteiger partial charge in [0, 0.05) is 10.5 Å². The number of esters is 1. The number of aromatic hydroxyl groups is 1. The maximum atomic E-state index is 11.4. The zero-order chi connectivity index (χ0) is 15.2. The van der Waals surface area contributed by atoms with E-state index in [9.17, 15) is 9.90 Å². The van der Waals surface area contributed by atoms with Gasteiger partial charge in [0.05, 0.1) is 12.0 Å². The van der Waals surface area contributed by atoms with E-state index >= 15 is 0 Å². The number of phenolic OH excluding ortho intramolecular Hbond substituents is 1. The molecule has 0 spiro atoms. The molecule has 0 unspecified atom stereocenters. The van der Waals surface area contributed by atoms with E-state index in [1.807, 2.05) is 0 Å². The molecule has 0 amide bonds. The number of hydrogen-bond donors (Lipinski definition) is 1. The molecule has 108 valence electrons. The Kier molecular flexibility index (Phi) is 4.90. The van der Waals surface area contributed by atoms with Crippen molar-refractivity contribution in [1.82, 2.24) is 0 Å². The molecule has 2 aromatic carbocycles. The first-order chi connectivity index (χ1) is 10.0. The van der Waals surface area contributed by atoms with Gasteiger partial charge in [0.25, 0.3) is 0 Å². The normalized spacial score (nSPS) is 9.95. The number of hydrogen-bond acceptors (Lipinski definition) is 5. The molecule has 0 atom stereocenters. The van der Waals surface area contributed by atoms with Crippen molar-refractivity contribution in [2.24, 2.45) is 0 Å². The molecule has 0 aliphatic carbocycles. The summed E-state index contributed by atoms with van der Waals surface area (Å²) in [6, 6.07) is 13.4. The Morgan fingerprint density at radius 2 is 1.62 bits per heavy atom. The van der Waals surface area contributed by atoms with E-state index in [0.29, 0.717) is 17.1 Å². The smallest absolute Gasteiger partial charge is 0.338 e. The van der Waals surface area contributed by atoms with Gasteiger partial charge in [0.2, 0.25) is 0 Å². The van der Waals surface area contributed by atoms with Gasteiger partial charge in [-0.1, -0.05) is 6.58 Å². The summed E-state index contributed by atoms with van der Waals surface area (Å²) in [5.41, 5.74) is 0.346. The average Bonchev–Trinajstić information content (AvgIpc) is 2.48. The number of carbonyl (C=O) groups is 1. The molecule has 21 heavy (non-hydrogen) atoms. The Hall–Kier alpha value is -2.40. The molecule has 1 N–H and O–H groups in total. The summed E-state index contributed by atoms with van der Waals surface area (Å²) >= 11 is 1.17. The fourth-order valence-electron chi connectivity index (χ4n) is 1.36. The zero-order valence-corrected chi connectivity index (χ0v) is 12.2. The van der Waals surface area contributed by atoms with E-state index < -0.39 is 5.97 Å². The van der Waals surface area contributed by atoms with Gasteiger partial charge < -0.3 is 14.0 Å². The summed E-state index contributed by atoms with van der Waals surface area (Å²) < 4.78 is 10.6. The second-order valence-electron chi connectivity index (χ2n) is 4.30. The maximum absolute atomic E-state index is 11.4. The van der Waals surface area contributed by atoms with Gasteiger partial charge >= 0.3 is 5.97 Å². The highest BCUT2D eigenvalue weighted by molar-refractivity contribution is 7.95. The third kappa shape index (κ3) is 4.57. The predicted molar refractivity (Wildman–Crippen MR) is 81.5 cm³/mol. The van der Waals surface area contributed by atoms with Crippen molar-refractivity contribution >= 4 is 18.0 Å². The van der Waals surface area contributed by atoms with E-state index in [2.05, 4.69) is 6.58 Å². The monoisotopic (exact) mass is 302 g/mol. The van der Waals surface area contributed by atoms with Crippen LogP contribution in [0.4, 0.5) is 0 Å². The van der Waals surface area contributed by atoms with Crippen molar-refractivity contribution in [3.05, 3.63) is 60.7 Å². The summed E-state index contributed by atoms with van der Waals surface area (Å²) in [6.07, 6.45) is 0. The minimum Gasteiger partial charge on any atom is -0.508 e. The van der Waals surface area contributed by atoms with Crippen molar-refractivity contribution in [3.63, 3.8) is 0 Å². The quantitative estimate of drug-likeness (QED) is 0.392. The molecule has 0 saturated carbocycles. The summed E-state index contributed by atoms with van der Waals surface area (Å²) in [5.74, 6) is 0.818. The fourth-order valence-corrected chi connectivity index (χ4v) is 1.91. The highest BCUT2D eigenvalue weighted by atomic mass is 32.2. The Morgan fingerprint density at radius 1 is 1.05 bits per heavy atom. The number of rotatable bonds is 5. The van der Waals surface area contributed by atoms with E-state index in [1.165, 1.54) is 12.0 Å². The van der Waals surface area contributed by atoms with Gasteiger partial charge in [-0.15, -0.1) is 0 Å². The first kappa shape index (κ1) is 15.0. The van der Waals surface area contributed by atoms with Gasteiger partial charge in [-0.2, -0.15) is 0 Å². The van der Waals surface area contributed by atoms with E-state index in [0.717, 1.165) is 4.90 Å². The molecule has 0 aliphatic rings. The molecule has 0 fully saturated rings. The molecule has 4 nitrogen and oxygen atoms in total. The standard InChI is InChI=1S/C16H14O4S/c1-11(2)16(18)19-13-5-7-14(8-6-13)20-21-15-9-3-12(17)4-10-15/h3-10,17H,1H2,2H3. The molecule has 2 aromatic rings. The summed E-state index contributed by atoms with van der Waals surface area (Å²) in [4.78, 5) is 12.2. The fraction of sp³-hybridized carbons (Fsp3) is 0.0625. The van der Waals surface area contributed by atoms with Crippen LogP contribution in [0.3, 0.4) is 0 Å². The van der Waals surface area contributed by atoms with Crippen molar-refractivity contribution < 1.29 is 18.8 Å². The first-order valence-corrected chi connectivity index (χ1v) is 6.90. The third-order valence-corrected chi connectivity index (χ3v) is 3.19. The highest BCUT2D eigenvalue weighted by Gasteiger charge is 2.05. The molecule has 5 heteroatoms. The van der Waals surface area contributed by atoms with E-state index in [-0.39, 0.29) is 5.75 Å². The molecule has 0 saturated heterocycles. The molecule has 0 bridgehead atoms. The Labute approximate surface area is 127 Å². The van der Waals surface area contributed by atoms with Crippen molar-refractivity contribution in [3.8, 4) is 17.2 Å². The van der Waals surface area contributed by atoms with Crippen LogP contribution in [0, 0.1) is 0 Å². The lowest BCUT2D eigenvalue weighted by atomic mass is 10.3. The SMILES string of the molecule is C=C(C)C(=O)Oc1ccc(OSc2ccc(O)cc2)cc1. The van der Waals surface area contributed by atoms with Crippen LogP contribution in [0.2, 0.25) is 0 Å². The van der Waals surface area contributed by atoms with Gasteiger partial charge in [0.1, 0.15) is 17.2 Å². The van der Waals surface area contributed by atoms with Crippen molar-refractivity contribution in [1.29, 1.82) is 0 Å². The van der Waals surface area contributed by atoms with Gasteiger partial charge in [-0.05, 0) is 55.5 Å². The lowest BCUT2D eigenvalue weighted by molar-refractivity contribution is -0.130. The Morgan fingerprint density at radius 3 is 2.19 bits per heavy atom. The molecule has 0 aliphatic heterocycles. The van der Waals surface area contributed by atoms with Crippen molar-refractivity contribution in [2.45, 2.75) is 11.8 Å². The lowest BCUT2D eigenvalue weighted by Gasteiger charge is -2.06. The first-order valence-electron chi connectivity index (χ1n) is 6.16. The van der Waals surface area contributed by atoms with Gasteiger partial charge in [-0.3, -0.25) is 0 Å². The summed E-state index contributed by atoms with van der Waals surface area (Å²) in [5, 5.41) is 9.19. The molecular weight excluding hydrogens is 288 g/mol. The molecule has 0 heterocycles. The molecular formula is C16H14O4S. The largest absolute Gasteiger partial charge is 0.508 e. The van der Waals surface area contributed by atoms with Crippen LogP contribution in [0.25, 0.3) is 0 Å². The summed E-state index contributed by atoms with van der Waals surface area (Å²) in [7, 11) is 0. The van der Waals surface area contributed by atoms with Crippen LogP contribution in [0.1, 0.15) is 6.92 Å². The number of phenols is 1. The van der Waals surface area contributed by atoms with E-state index in [4.69, 9.17) is 8.92 Å². The maximum Gasteiger partial charge on any atom is 0.338 e. The molecule has 0 aromatic heterocycles. The topological polar surface area (TPSA) is 55.8 Å². The van der Waals surface area contributed by atoms with Crippen LogP contribution in [-0.4, -0.2) is 11.1 Å². The van der Waals surface area contributed by atoms with Gasteiger partial charge in [0.15, 0.2) is 0 Å². The second-order valence-corrected chi connectivity index (χ2v) is 5.11. The summed E-state index contributed by atoms with van der Waals surface area (Å²) in [6.45, 7) is 5.11. The van der Waals surface area contributed by atoms with E-state index in [1.54, 1.807) is 55.5 Å². The number of benzene rings is 2. The number of carbonyl (C=O) groups excluding carboxylic acids is 1. The Bertz CT molecular complexity index is 632. The van der Waals surface area contributed by atoms with Crippen LogP contribution in [0.15, 0.2) is 65.6 Å². The van der Waals surface area contributed by atoms with Crippen LogP contribution >= 0.6 is 12.0 Å². The average molecular weight is 302 g/mol. The molecule has 0 radical (unpaired) electrons.